The van der Waals surface area contributed by atoms with Gasteiger partial charge in [-0.25, -0.2) is 22.5 Å². The summed E-state index contributed by atoms with van der Waals surface area (Å²) in [7, 11) is -2.37. The van der Waals surface area contributed by atoms with Crippen LogP contribution >= 0.6 is 0 Å². The van der Waals surface area contributed by atoms with Gasteiger partial charge in [0, 0.05) is 12.3 Å². The number of rotatable bonds is 6. The first-order chi connectivity index (χ1) is 12.3. The first kappa shape index (κ1) is 18.8. The number of methoxy groups -OCH3 is 1. The first-order valence-electron chi connectivity index (χ1n) is 8.26. The summed E-state index contributed by atoms with van der Waals surface area (Å²) < 4.78 is 46.8. The molecule has 8 heteroatoms. The minimum absolute atomic E-state index is 0.0326. The van der Waals surface area contributed by atoms with Crippen LogP contribution in [0, 0.1) is 18.7 Å². The molecule has 1 aliphatic carbocycles. The molecule has 1 fully saturated rings. The number of halogens is 1. The van der Waals surface area contributed by atoms with Crippen molar-refractivity contribution in [2.45, 2.75) is 36.8 Å². The number of aliphatic hydroxyl groups is 1. The van der Waals surface area contributed by atoms with Gasteiger partial charge in [0.15, 0.2) is 0 Å². The van der Waals surface area contributed by atoms with Crippen LogP contribution in [0.2, 0.25) is 0 Å². The van der Waals surface area contributed by atoms with E-state index in [9.17, 15) is 17.9 Å². The fourth-order valence-electron chi connectivity index (χ4n) is 3.18. The number of hydrogen-bond donors (Lipinski definition) is 2. The van der Waals surface area contributed by atoms with Crippen molar-refractivity contribution in [2.75, 3.05) is 7.11 Å². The van der Waals surface area contributed by atoms with Gasteiger partial charge >= 0.3 is 0 Å². The number of nitrogens with zero attached hydrogens (tertiary/aromatic N) is 1. The van der Waals surface area contributed by atoms with Gasteiger partial charge in [0.2, 0.25) is 15.9 Å². The van der Waals surface area contributed by atoms with Crippen LogP contribution in [-0.4, -0.2) is 31.7 Å². The van der Waals surface area contributed by atoms with E-state index in [4.69, 9.17) is 4.74 Å². The van der Waals surface area contributed by atoms with Crippen molar-refractivity contribution in [3.8, 4) is 5.88 Å². The van der Waals surface area contributed by atoms with E-state index in [-0.39, 0.29) is 10.8 Å². The van der Waals surface area contributed by atoms with Crippen molar-refractivity contribution in [3.05, 3.63) is 53.5 Å². The molecule has 0 spiro atoms. The number of nitrogens with one attached hydrogen (secondary N) is 1. The van der Waals surface area contributed by atoms with E-state index >= 15 is 0 Å². The summed E-state index contributed by atoms with van der Waals surface area (Å²) in [6.45, 7) is 1.55. The average molecular weight is 380 g/mol. The van der Waals surface area contributed by atoms with Crippen LogP contribution in [0.3, 0.4) is 0 Å². The van der Waals surface area contributed by atoms with E-state index in [1.807, 2.05) is 0 Å². The van der Waals surface area contributed by atoms with E-state index in [2.05, 4.69) is 9.71 Å². The van der Waals surface area contributed by atoms with Gasteiger partial charge < -0.3 is 9.84 Å². The van der Waals surface area contributed by atoms with Crippen molar-refractivity contribution in [1.29, 1.82) is 0 Å². The molecular formula is C18H21FN2O4S. The molecule has 1 saturated carbocycles. The first-order valence-corrected chi connectivity index (χ1v) is 9.75. The van der Waals surface area contributed by atoms with Gasteiger partial charge in [-0.2, -0.15) is 0 Å². The van der Waals surface area contributed by atoms with Gasteiger partial charge in [-0.3, -0.25) is 0 Å². The van der Waals surface area contributed by atoms with Crippen LogP contribution in [0.1, 0.15) is 30.0 Å². The number of hydrogen-bond acceptors (Lipinski definition) is 5. The summed E-state index contributed by atoms with van der Waals surface area (Å²) in [6, 6.07) is 6.44. The van der Waals surface area contributed by atoms with E-state index in [1.165, 1.54) is 19.2 Å². The Morgan fingerprint density at radius 2 is 2.04 bits per heavy atom. The maximum Gasteiger partial charge on any atom is 0.241 e. The number of aromatic nitrogens is 1. The molecule has 0 aliphatic heterocycles. The van der Waals surface area contributed by atoms with Crippen LogP contribution in [0.25, 0.3) is 0 Å². The quantitative estimate of drug-likeness (QED) is 0.803. The minimum Gasteiger partial charge on any atom is -0.481 e. The third-order valence-electron chi connectivity index (χ3n) is 4.66. The van der Waals surface area contributed by atoms with Gasteiger partial charge in [0.25, 0.3) is 0 Å². The highest BCUT2D eigenvalue weighted by atomic mass is 32.2. The Hall–Kier alpha value is -2.03. The summed E-state index contributed by atoms with van der Waals surface area (Å²) in [5, 5.41) is 9.63. The largest absolute Gasteiger partial charge is 0.481 e. The van der Waals surface area contributed by atoms with Crippen LogP contribution in [0.5, 0.6) is 5.88 Å². The topological polar surface area (TPSA) is 88.5 Å². The molecule has 0 bridgehead atoms. The number of pyridine rings is 1. The highest BCUT2D eigenvalue weighted by Crippen LogP contribution is 2.39. The Morgan fingerprint density at radius 1 is 1.31 bits per heavy atom. The average Bonchev–Trinajstić information content (AvgIpc) is 2.57. The van der Waals surface area contributed by atoms with Crippen molar-refractivity contribution in [1.82, 2.24) is 9.71 Å². The lowest BCUT2D eigenvalue weighted by atomic mass is 9.76. The second-order valence-corrected chi connectivity index (χ2v) is 8.21. The Morgan fingerprint density at radius 3 is 2.58 bits per heavy atom. The van der Waals surface area contributed by atoms with Crippen LogP contribution in [0.15, 0.2) is 41.4 Å². The molecular weight excluding hydrogens is 359 g/mol. The molecule has 0 radical (unpaired) electrons. The molecule has 0 saturated heterocycles. The SMILES string of the molecule is COc1ccc([C@@H](NS(=O)(=O)c2ccc(F)cc2C)C2CC(O)C2)cn1. The predicted molar refractivity (Wildman–Crippen MR) is 93.7 cm³/mol. The number of aliphatic hydroxyl groups excluding tert-OH is 1. The van der Waals surface area contributed by atoms with Crippen molar-refractivity contribution < 1.29 is 22.7 Å². The number of sulfonamides is 1. The smallest absolute Gasteiger partial charge is 0.241 e. The second-order valence-electron chi connectivity index (χ2n) is 6.53. The zero-order valence-electron chi connectivity index (χ0n) is 14.5. The number of ether oxygens (including phenoxy) is 1. The zero-order chi connectivity index (χ0) is 18.9. The molecule has 140 valence electrons. The van der Waals surface area contributed by atoms with Crippen molar-refractivity contribution in [2.24, 2.45) is 5.92 Å². The fourth-order valence-corrected chi connectivity index (χ4v) is 4.70. The monoisotopic (exact) mass is 380 g/mol. The van der Waals surface area contributed by atoms with Crippen LogP contribution < -0.4 is 9.46 Å². The third-order valence-corrected chi connectivity index (χ3v) is 6.26. The molecule has 6 nitrogen and oxygen atoms in total. The lowest BCUT2D eigenvalue weighted by molar-refractivity contribution is 0.0279. The molecule has 1 heterocycles. The third kappa shape index (κ3) is 3.87. The van der Waals surface area contributed by atoms with Gasteiger partial charge in [-0.15, -0.1) is 0 Å². The lowest BCUT2D eigenvalue weighted by Gasteiger charge is -2.38. The van der Waals surface area contributed by atoms with Gasteiger partial charge in [-0.1, -0.05) is 6.07 Å². The molecule has 0 amide bonds. The van der Waals surface area contributed by atoms with Crippen LogP contribution in [-0.2, 0) is 10.0 Å². The van der Waals surface area contributed by atoms with Gasteiger partial charge in [-0.05, 0) is 55.0 Å². The zero-order valence-corrected chi connectivity index (χ0v) is 15.3. The van der Waals surface area contributed by atoms with E-state index in [1.54, 1.807) is 25.3 Å². The summed E-state index contributed by atoms with van der Waals surface area (Å²) in [5.41, 5.74) is 1.02. The van der Waals surface area contributed by atoms with Crippen molar-refractivity contribution in [3.63, 3.8) is 0 Å². The van der Waals surface area contributed by atoms with Gasteiger partial charge in [0.05, 0.1) is 24.2 Å². The predicted octanol–water partition coefficient (Wildman–Crippen LogP) is 2.33. The Bertz CT molecular complexity index is 881. The van der Waals surface area contributed by atoms with E-state index < -0.39 is 28.0 Å². The lowest BCUT2D eigenvalue weighted by Crippen LogP contribution is -2.41. The summed E-state index contributed by atoms with van der Waals surface area (Å²) in [6.07, 6.45) is 2.14. The molecule has 1 aliphatic rings. The standard InChI is InChI=1S/C18H21FN2O4S/c1-11-7-14(19)4-5-16(11)26(23,24)21-18(13-8-15(22)9-13)12-3-6-17(25-2)20-10-12/h3-7,10,13,15,18,21-22H,8-9H2,1-2H3/t13?,15?,18-/m1/s1. The van der Waals surface area contributed by atoms with Gasteiger partial charge in [0.1, 0.15) is 5.82 Å². The van der Waals surface area contributed by atoms with E-state index in [0.717, 1.165) is 6.07 Å². The Kier molecular flexibility index (Phi) is 5.27. The fraction of sp³-hybridized carbons (Fsp3) is 0.389. The molecule has 1 aromatic carbocycles. The molecule has 3 rings (SSSR count). The Balaban J connectivity index is 1.91. The molecule has 26 heavy (non-hydrogen) atoms. The molecule has 2 N–H and O–H groups in total. The van der Waals surface area contributed by atoms with Crippen molar-refractivity contribution >= 4 is 10.0 Å². The maximum absolute atomic E-state index is 13.3. The maximum atomic E-state index is 13.3. The summed E-state index contributed by atoms with van der Waals surface area (Å²) in [4.78, 5) is 4.17. The minimum atomic E-state index is -3.87. The number of benzene rings is 1. The normalized spacial score (nSPS) is 21.1. The molecule has 0 unspecified atom stereocenters. The molecule has 1 atom stereocenters. The molecule has 2 aromatic rings. The second kappa shape index (κ2) is 7.30. The Labute approximate surface area is 152 Å². The van der Waals surface area contributed by atoms with E-state index in [0.29, 0.717) is 29.8 Å². The number of aryl methyl sites for hydroxylation is 1. The molecule has 1 aromatic heterocycles. The summed E-state index contributed by atoms with van der Waals surface area (Å²) >= 11 is 0. The highest BCUT2D eigenvalue weighted by Gasteiger charge is 2.37. The highest BCUT2D eigenvalue weighted by molar-refractivity contribution is 7.89. The summed E-state index contributed by atoms with van der Waals surface area (Å²) in [5.74, 6) is -0.103. The van der Waals surface area contributed by atoms with Crippen LogP contribution in [0.4, 0.5) is 4.39 Å².